The number of ether oxygens (including phenoxy) is 3. The zero-order valence-electron chi connectivity index (χ0n) is 19.0. The van der Waals surface area contributed by atoms with Crippen molar-refractivity contribution in [2.75, 3.05) is 58.0 Å². The number of thiazole rings is 1. The summed E-state index contributed by atoms with van der Waals surface area (Å²) in [6.45, 7) is 5.36. The minimum atomic E-state index is -0.0398. The average molecular weight is 500 g/mol. The third-order valence-corrected chi connectivity index (χ3v) is 7.41. The summed E-state index contributed by atoms with van der Waals surface area (Å²) < 4.78 is 17.0. The SMILES string of the molecule is COc1cc(N2CCc3nc(-c4ccc(Cl)cc4)sc3C2=O)ccc1OCCN1CCOCC1. The maximum Gasteiger partial charge on any atom is 0.270 e. The topological polar surface area (TPSA) is 64.1 Å². The average Bonchev–Trinajstić information content (AvgIpc) is 3.31. The molecule has 1 amide bonds. The predicted octanol–water partition coefficient (Wildman–Crippen LogP) is 4.39. The normalized spacial score (nSPS) is 16.4. The summed E-state index contributed by atoms with van der Waals surface area (Å²) in [5, 5.41) is 1.51. The number of hydrogen-bond acceptors (Lipinski definition) is 7. The van der Waals surface area contributed by atoms with Crippen molar-refractivity contribution in [3.63, 3.8) is 0 Å². The first-order valence-electron chi connectivity index (χ1n) is 11.3. The molecule has 0 N–H and O–H groups in total. The monoisotopic (exact) mass is 499 g/mol. The molecule has 9 heteroatoms. The maximum atomic E-state index is 13.3. The Balaban J connectivity index is 1.29. The maximum absolute atomic E-state index is 13.3. The molecule has 0 bridgehead atoms. The summed E-state index contributed by atoms with van der Waals surface area (Å²) in [7, 11) is 1.62. The number of methoxy groups -OCH3 is 1. The van der Waals surface area contributed by atoms with Crippen LogP contribution in [0.4, 0.5) is 5.69 Å². The molecule has 7 nitrogen and oxygen atoms in total. The van der Waals surface area contributed by atoms with Crippen molar-refractivity contribution in [2.24, 2.45) is 0 Å². The van der Waals surface area contributed by atoms with Gasteiger partial charge in [-0.15, -0.1) is 11.3 Å². The molecule has 0 spiro atoms. The van der Waals surface area contributed by atoms with E-state index in [0.29, 0.717) is 41.0 Å². The number of hydrogen-bond donors (Lipinski definition) is 0. The Morgan fingerprint density at radius 1 is 1.09 bits per heavy atom. The van der Waals surface area contributed by atoms with E-state index in [9.17, 15) is 4.79 Å². The quantitative estimate of drug-likeness (QED) is 0.480. The molecule has 2 aliphatic rings. The highest BCUT2D eigenvalue weighted by atomic mass is 35.5. The lowest BCUT2D eigenvalue weighted by atomic mass is 10.1. The van der Waals surface area contributed by atoms with Gasteiger partial charge in [-0.2, -0.15) is 0 Å². The standard InChI is InChI=1S/C25H26ClN3O4S/c1-31-22-16-19(6-7-21(22)33-15-12-28-10-13-32-14-11-28)29-9-8-20-23(25(29)30)34-24(27-20)17-2-4-18(26)5-3-17/h2-7,16H,8-15H2,1H3. The van der Waals surface area contributed by atoms with E-state index in [1.807, 2.05) is 42.5 Å². The summed E-state index contributed by atoms with van der Waals surface area (Å²) in [6.07, 6.45) is 0.700. The third-order valence-electron chi connectivity index (χ3n) is 6.03. The van der Waals surface area contributed by atoms with Crippen LogP contribution in [0.2, 0.25) is 5.02 Å². The van der Waals surface area contributed by atoms with E-state index in [1.165, 1.54) is 11.3 Å². The van der Waals surface area contributed by atoms with Crippen LogP contribution in [-0.2, 0) is 11.2 Å². The van der Waals surface area contributed by atoms with Gasteiger partial charge >= 0.3 is 0 Å². The zero-order valence-corrected chi connectivity index (χ0v) is 20.5. The number of anilines is 1. The van der Waals surface area contributed by atoms with E-state index in [0.717, 1.165) is 54.8 Å². The lowest BCUT2D eigenvalue weighted by Gasteiger charge is -2.27. The van der Waals surface area contributed by atoms with E-state index >= 15 is 0 Å². The smallest absolute Gasteiger partial charge is 0.270 e. The van der Waals surface area contributed by atoms with Crippen molar-refractivity contribution in [3.8, 4) is 22.1 Å². The van der Waals surface area contributed by atoms with Gasteiger partial charge in [0.1, 0.15) is 16.5 Å². The molecule has 34 heavy (non-hydrogen) atoms. The van der Waals surface area contributed by atoms with Gasteiger partial charge in [-0.1, -0.05) is 23.7 Å². The number of halogens is 1. The predicted molar refractivity (Wildman–Crippen MR) is 134 cm³/mol. The van der Waals surface area contributed by atoms with E-state index in [1.54, 1.807) is 12.0 Å². The molecule has 0 saturated carbocycles. The highest BCUT2D eigenvalue weighted by Crippen LogP contribution is 2.36. The number of morpholine rings is 1. The fourth-order valence-electron chi connectivity index (χ4n) is 4.15. The highest BCUT2D eigenvalue weighted by Gasteiger charge is 2.30. The van der Waals surface area contributed by atoms with Crippen molar-refractivity contribution in [3.05, 3.63) is 58.1 Å². The van der Waals surface area contributed by atoms with Crippen molar-refractivity contribution in [1.82, 2.24) is 9.88 Å². The first kappa shape index (κ1) is 23.1. The fraction of sp³-hybridized carbons (Fsp3) is 0.360. The van der Waals surface area contributed by atoms with Gasteiger partial charge in [0.05, 0.1) is 26.0 Å². The van der Waals surface area contributed by atoms with Gasteiger partial charge in [0.2, 0.25) is 0 Å². The molecule has 2 aromatic carbocycles. The van der Waals surface area contributed by atoms with Gasteiger partial charge in [-0.3, -0.25) is 9.69 Å². The van der Waals surface area contributed by atoms with E-state index in [4.69, 9.17) is 30.8 Å². The van der Waals surface area contributed by atoms with Crippen LogP contribution in [0.25, 0.3) is 10.6 Å². The molecule has 0 unspecified atom stereocenters. The second-order valence-corrected chi connectivity index (χ2v) is 9.58. The van der Waals surface area contributed by atoms with Crippen molar-refractivity contribution < 1.29 is 19.0 Å². The van der Waals surface area contributed by atoms with Gasteiger partial charge in [0.15, 0.2) is 11.5 Å². The van der Waals surface area contributed by atoms with E-state index < -0.39 is 0 Å². The summed E-state index contributed by atoms with van der Waals surface area (Å²) in [4.78, 5) is 22.8. The zero-order chi connectivity index (χ0) is 23.5. The molecule has 178 valence electrons. The van der Waals surface area contributed by atoms with Crippen molar-refractivity contribution >= 4 is 34.5 Å². The van der Waals surface area contributed by atoms with Gasteiger partial charge < -0.3 is 19.1 Å². The lowest BCUT2D eigenvalue weighted by Crippen LogP contribution is -2.38. The number of rotatable bonds is 7. The third kappa shape index (κ3) is 4.90. The van der Waals surface area contributed by atoms with Crippen molar-refractivity contribution in [1.29, 1.82) is 0 Å². The Morgan fingerprint density at radius 3 is 2.65 bits per heavy atom. The first-order valence-corrected chi connectivity index (χ1v) is 12.5. The van der Waals surface area contributed by atoms with E-state index in [2.05, 4.69) is 4.90 Å². The van der Waals surface area contributed by atoms with Crippen LogP contribution in [-0.4, -0.2) is 68.9 Å². The molecule has 1 saturated heterocycles. The van der Waals surface area contributed by atoms with Gasteiger partial charge in [0.25, 0.3) is 5.91 Å². The molecule has 1 aromatic heterocycles. The lowest BCUT2D eigenvalue weighted by molar-refractivity contribution is 0.0321. The van der Waals surface area contributed by atoms with Crippen LogP contribution in [0.3, 0.4) is 0 Å². The Hall–Kier alpha value is -2.65. The molecule has 1 fully saturated rings. The minimum absolute atomic E-state index is 0.0398. The van der Waals surface area contributed by atoms with Crippen LogP contribution in [0, 0.1) is 0 Å². The van der Waals surface area contributed by atoms with Crippen LogP contribution in [0.5, 0.6) is 11.5 Å². The molecule has 0 aliphatic carbocycles. The molecule has 3 aromatic rings. The van der Waals surface area contributed by atoms with E-state index in [-0.39, 0.29) is 5.91 Å². The van der Waals surface area contributed by atoms with Crippen LogP contribution in [0.15, 0.2) is 42.5 Å². The van der Waals surface area contributed by atoms with Crippen LogP contribution < -0.4 is 14.4 Å². The number of carbonyl (C=O) groups is 1. The first-order chi connectivity index (χ1) is 16.6. The van der Waals surface area contributed by atoms with Crippen molar-refractivity contribution in [2.45, 2.75) is 6.42 Å². The van der Waals surface area contributed by atoms with Gasteiger partial charge in [-0.25, -0.2) is 4.98 Å². The molecular formula is C25H26ClN3O4S. The molecule has 2 aliphatic heterocycles. The Kier molecular flexibility index (Phi) is 7.01. The minimum Gasteiger partial charge on any atom is -0.493 e. The Morgan fingerprint density at radius 2 is 1.88 bits per heavy atom. The molecule has 3 heterocycles. The Labute approximate surface area is 207 Å². The molecular weight excluding hydrogens is 474 g/mol. The number of carbonyl (C=O) groups excluding carboxylic acids is 1. The molecule has 5 rings (SSSR count). The molecule has 0 radical (unpaired) electrons. The Bertz CT molecular complexity index is 1160. The largest absolute Gasteiger partial charge is 0.493 e. The fourth-order valence-corrected chi connectivity index (χ4v) is 5.34. The number of benzene rings is 2. The second kappa shape index (κ2) is 10.3. The summed E-state index contributed by atoms with van der Waals surface area (Å²) in [6, 6.07) is 13.2. The number of fused-ring (bicyclic) bond motifs is 1. The summed E-state index contributed by atoms with van der Waals surface area (Å²) >= 11 is 7.43. The van der Waals surface area contributed by atoms with Crippen LogP contribution in [0.1, 0.15) is 15.4 Å². The number of amides is 1. The summed E-state index contributed by atoms with van der Waals surface area (Å²) in [5.74, 6) is 1.25. The number of aromatic nitrogens is 1. The van der Waals surface area contributed by atoms with Gasteiger partial charge in [0, 0.05) is 54.9 Å². The molecule has 0 atom stereocenters. The summed E-state index contributed by atoms with van der Waals surface area (Å²) in [5.41, 5.74) is 2.60. The number of nitrogens with zero attached hydrogens (tertiary/aromatic N) is 3. The van der Waals surface area contributed by atoms with Crippen LogP contribution >= 0.6 is 22.9 Å². The van der Waals surface area contributed by atoms with Gasteiger partial charge in [-0.05, 0) is 24.3 Å². The highest BCUT2D eigenvalue weighted by molar-refractivity contribution is 7.17. The second-order valence-electron chi connectivity index (χ2n) is 8.15.